The van der Waals surface area contributed by atoms with Gasteiger partial charge in [0, 0.05) is 31.3 Å². The van der Waals surface area contributed by atoms with E-state index in [1.54, 1.807) is 20.0 Å². The molecule has 1 aromatic rings. The zero-order valence-corrected chi connectivity index (χ0v) is 11.9. The van der Waals surface area contributed by atoms with Gasteiger partial charge in [-0.3, -0.25) is 9.59 Å². The standard InChI is InChI=1S/C15H20N2O2/c1-9-7-13-8-12(15(19)16-4)5-6-14(13)17(10(9)2)11(3)18/h5-6,8-10H,7H2,1-4H3,(H,16,19)/t9-,10+/m1/s1. The molecule has 0 bridgehead atoms. The summed E-state index contributed by atoms with van der Waals surface area (Å²) in [5.74, 6) is 0.341. The first-order chi connectivity index (χ1) is 8.95. The summed E-state index contributed by atoms with van der Waals surface area (Å²) in [6.07, 6.45) is 0.894. The molecule has 0 unspecified atom stereocenters. The Bertz CT molecular complexity index is 525. The first-order valence-corrected chi connectivity index (χ1v) is 6.60. The van der Waals surface area contributed by atoms with E-state index < -0.39 is 0 Å². The Hall–Kier alpha value is -1.84. The SMILES string of the molecule is CNC(=O)c1ccc2c(c1)C[C@@H](C)[C@H](C)N2C(C)=O. The Labute approximate surface area is 113 Å². The summed E-state index contributed by atoms with van der Waals surface area (Å²) in [5, 5.41) is 2.62. The highest BCUT2D eigenvalue weighted by Gasteiger charge is 2.31. The summed E-state index contributed by atoms with van der Waals surface area (Å²) in [4.78, 5) is 25.3. The maximum Gasteiger partial charge on any atom is 0.251 e. The van der Waals surface area contributed by atoms with Crippen LogP contribution >= 0.6 is 0 Å². The first kappa shape index (κ1) is 13.6. The number of nitrogens with zero attached hydrogens (tertiary/aromatic N) is 1. The normalized spacial score (nSPS) is 21.8. The van der Waals surface area contributed by atoms with E-state index in [0.717, 1.165) is 17.7 Å². The van der Waals surface area contributed by atoms with E-state index >= 15 is 0 Å². The highest BCUT2D eigenvalue weighted by molar-refractivity contribution is 5.97. The van der Waals surface area contributed by atoms with Gasteiger partial charge in [0.2, 0.25) is 5.91 Å². The summed E-state index contributed by atoms with van der Waals surface area (Å²) < 4.78 is 0. The van der Waals surface area contributed by atoms with E-state index in [-0.39, 0.29) is 17.9 Å². The van der Waals surface area contributed by atoms with Crippen molar-refractivity contribution in [3.05, 3.63) is 29.3 Å². The molecule has 0 saturated heterocycles. The molecule has 1 aliphatic rings. The summed E-state index contributed by atoms with van der Waals surface area (Å²) in [7, 11) is 1.62. The van der Waals surface area contributed by atoms with Crippen LogP contribution in [-0.4, -0.2) is 24.9 Å². The Morgan fingerprint density at radius 2 is 2.00 bits per heavy atom. The number of nitrogens with one attached hydrogen (secondary N) is 1. The van der Waals surface area contributed by atoms with Crippen LogP contribution in [0.3, 0.4) is 0 Å². The molecule has 2 atom stereocenters. The fourth-order valence-electron chi connectivity index (χ4n) is 2.72. The van der Waals surface area contributed by atoms with Crippen LogP contribution in [0.25, 0.3) is 0 Å². The van der Waals surface area contributed by atoms with Crippen LogP contribution in [0.15, 0.2) is 18.2 Å². The van der Waals surface area contributed by atoms with Crippen LogP contribution in [0.4, 0.5) is 5.69 Å². The van der Waals surface area contributed by atoms with E-state index in [1.165, 1.54) is 0 Å². The Kier molecular flexibility index (Phi) is 3.60. The van der Waals surface area contributed by atoms with Crippen molar-refractivity contribution in [3.8, 4) is 0 Å². The van der Waals surface area contributed by atoms with Crippen molar-refractivity contribution in [2.45, 2.75) is 33.2 Å². The fraction of sp³-hybridized carbons (Fsp3) is 0.467. The molecule has 2 amide bonds. The Balaban J connectivity index is 2.48. The maximum atomic E-state index is 11.8. The van der Waals surface area contributed by atoms with Crippen LogP contribution in [0, 0.1) is 5.92 Å². The van der Waals surface area contributed by atoms with Gasteiger partial charge in [0.1, 0.15) is 0 Å². The number of carbonyl (C=O) groups is 2. The van der Waals surface area contributed by atoms with Crippen LogP contribution < -0.4 is 10.2 Å². The Morgan fingerprint density at radius 1 is 1.32 bits per heavy atom. The minimum absolute atomic E-state index is 0.0491. The third kappa shape index (κ3) is 2.35. The monoisotopic (exact) mass is 260 g/mol. The average molecular weight is 260 g/mol. The van der Waals surface area contributed by atoms with Gasteiger partial charge in [-0.15, -0.1) is 0 Å². The molecule has 4 nitrogen and oxygen atoms in total. The summed E-state index contributed by atoms with van der Waals surface area (Å²) >= 11 is 0. The van der Waals surface area contributed by atoms with Crippen molar-refractivity contribution < 1.29 is 9.59 Å². The predicted molar refractivity (Wildman–Crippen MR) is 75.3 cm³/mol. The number of hydrogen-bond donors (Lipinski definition) is 1. The second-order valence-corrected chi connectivity index (χ2v) is 5.23. The number of benzene rings is 1. The highest BCUT2D eigenvalue weighted by Crippen LogP contribution is 2.34. The molecule has 0 aliphatic carbocycles. The van der Waals surface area contributed by atoms with Gasteiger partial charge in [0.05, 0.1) is 0 Å². The zero-order valence-electron chi connectivity index (χ0n) is 11.9. The Morgan fingerprint density at radius 3 is 2.58 bits per heavy atom. The molecule has 2 rings (SSSR count). The molecule has 0 spiro atoms. The number of rotatable bonds is 1. The van der Waals surface area contributed by atoms with Crippen molar-refractivity contribution in [1.82, 2.24) is 5.32 Å². The number of anilines is 1. The maximum absolute atomic E-state index is 11.8. The number of fused-ring (bicyclic) bond motifs is 1. The molecule has 0 radical (unpaired) electrons. The summed E-state index contributed by atoms with van der Waals surface area (Å²) in [6, 6.07) is 5.74. The van der Waals surface area contributed by atoms with Crippen LogP contribution in [0.2, 0.25) is 0 Å². The number of amides is 2. The topological polar surface area (TPSA) is 49.4 Å². The van der Waals surface area contributed by atoms with Crippen LogP contribution in [0.5, 0.6) is 0 Å². The van der Waals surface area contributed by atoms with Crippen molar-refractivity contribution in [1.29, 1.82) is 0 Å². The molecule has 1 aliphatic heterocycles. The molecule has 102 valence electrons. The summed E-state index contributed by atoms with van der Waals surface area (Å²) in [5.41, 5.74) is 2.65. The smallest absolute Gasteiger partial charge is 0.251 e. The van der Waals surface area contributed by atoms with Crippen molar-refractivity contribution >= 4 is 17.5 Å². The van der Waals surface area contributed by atoms with E-state index in [0.29, 0.717) is 11.5 Å². The van der Waals surface area contributed by atoms with E-state index in [1.807, 2.05) is 17.0 Å². The lowest BCUT2D eigenvalue weighted by Gasteiger charge is -2.39. The number of hydrogen-bond acceptors (Lipinski definition) is 2. The molecule has 1 aromatic carbocycles. The van der Waals surface area contributed by atoms with Gasteiger partial charge in [-0.2, -0.15) is 0 Å². The quantitative estimate of drug-likeness (QED) is 0.839. The second kappa shape index (κ2) is 5.03. The molecule has 0 saturated carbocycles. The minimum atomic E-state index is -0.0940. The molecule has 1 heterocycles. The molecule has 1 N–H and O–H groups in total. The van der Waals surface area contributed by atoms with Gasteiger partial charge in [-0.25, -0.2) is 0 Å². The average Bonchev–Trinajstić information content (AvgIpc) is 2.38. The first-order valence-electron chi connectivity index (χ1n) is 6.60. The lowest BCUT2D eigenvalue weighted by molar-refractivity contribution is -0.117. The van der Waals surface area contributed by atoms with E-state index in [4.69, 9.17) is 0 Å². The van der Waals surface area contributed by atoms with Gasteiger partial charge in [-0.05, 0) is 43.0 Å². The van der Waals surface area contributed by atoms with Gasteiger partial charge >= 0.3 is 0 Å². The molecular weight excluding hydrogens is 240 g/mol. The minimum Gasteiger partial charge on any atom is -0.355 e. The van der Waals surface area contributed by atoms with Crippen molar-refractivity contribution in [2.24, 2.45) is 5.92 Å². The number of carbonyl (C=O) groups excluding carboxylic acids is 2. The van der Waals surface area contributed by atoms with E-state index in [9.17, 15) is 9.59 Å². The predicted octanol–water partition coefficient (Wildman–Crippen LogP) is 1.98. The molecular formula is C15H20N2O2. The third-order valence-electron chi connectivity index (χ3n) is 3.94. The lowest BCUT2D eigenvalue weighted by atomic mass is 9.87. The van der Waals surface area contributed by atoms with Gasteiger partial charge in [0.15, 0.2) is 0 Å². The van der Waals surface area contributed by atoms with Gasteiger partial charge < -0.3 is 10.2 Å². The van der Waals surface area contributed by atoms with Crippen LogP contribution in [0.1, 0.15) is 36.7 Å². The molecule has 19 heavy (non-hydrogen) atoms. The summed E-state index contributed by atoms with van der Waals surface area (Å²) in [6.45, 7) is 5.79. The van der Waals surface area contributed by atoms with E-state index in [2.05, 4.69) is 19.2 Å². The lowest BCUT2D eigenvalue weighted by Crippen LogP contribution is -2.45. The molecule has 4 heteroatoms. The highest BCUT2D eigenvalue weighted by atomic mass is 16.2. The zero-order chi connectivity index (χ0) is 14.2. The third-order valence-corrected chi connectivity index (χ3v) is 3.94. The van der Waals surface area contributed by atoms with Gasteiger partial charge in [0.25, 0.3) is 5.91 Å². The second-order valence-electron chi connectivity index (χ2n) is 5.23. The van der Waals surface area contributed by atoms with Crippen LogP contribution in [-0.2, 0) is 11.2 Å². The van der Waals surface area contributed by atoms with Gasteiger partial charge in [-0.1, -0.05) is 6.92 Å². The van der Waals surface area contributed by atoms with Crippen molar-refractivity contribution in [2.75, 3.05) is 11.9 Å². The molecule has 0 aromatic heterocycles. The molecule has 0 fully saturated rings. The largest absolute Gasteiger partial charge is 0.355 e. The van der Waals surface area contributed by atoms with Crippen molar-refractivity contribution in [3.63, 3.8) is 0 Å². The fourth-order valence-corrected chi connectivity index (χ4v) is 2.72.